The van der Waals surface area contributed by atoms with Crippen molar-refractivity contribution in [3.05, 3.63) is 57.8 Å². The first-order chi connectivity index (χ1) is 9.88. The fourth-order valence-corrected chi connectivity index (χ4v) is 5.83. The Balaban J connectivity index is 0. The van der Waals surface area contributed by atoms with E-state index in [0.29, 0.717) is 0 Å². The van der Waals surface area contributed by atoms with Gasteiger partial charge in [-0.1, -0.05) is 0 Å². The standard InChI is InChI=1S/C20H29Si.3ClH.Ti/c1-14-11-15(2)19(16(3)12-14)20(4,5)17-9-10-18(13-17)21(6,7)8;;;;/h9-13H,1-8H3;3*1H;/q;;;;+3/p-3. The van der Waals surface area contributed by atoms with Gasteiger partial charge < -0.3 is 37.2 Å². The predicted octanol–water partition coefficient (Wildman–Crippen LogP) is -3.02. The molecule has 1 aromatic rings. The number of allylic oxidation sites excluding steroid dienone is 4. The smallest absolute Gasteiger partial charge is 1.00 e. The molecule has 1 unspecified atom stereocenters. The molecule has 0 saturated heterocycles. The second-order valence-electron chi connectivity index (χ2n) is 8.45. The Kier molecular flexibility index (Phi) is 10.1. The molecule has 0 bridgehead atoms. The molecule has 0 nitrogen and oxygen atoms in total. The van der Waals surface area contributed by atoms with Gasteiger partial charge in [0.1, 0.15) is 0 Å². The molecule has 2 rings (SSSR count). The molecule has 5 heteroatoms. The van der Waals surface area contributed by atoms with E-state index in [-0.39, 0.29) is 46.4 Å². The van der Waals surface area contributed by atoms with Crippen LogP contribution in [0.1, 0.15) is 36.1 Å². The van der Waals surface area contributed by atoms with Crippen molar-refractivity contribution in [2.75, 3.05) is 0 Å². The SMILES string of the molecule is Cc1cc(C)c(C(C)(C)[C]2([Ti+3])C=CC([Si](C)(C)C)=C2)c(C)c1.[Cl-].[Cl-].[Cl-]. The maximum Gasteiger partial charge on any atom is -1.00 e. The molecule has 0 spiro atoms. The zero-order chi connectivity index (χ0) is 16.9. The average Bonchev–Trinajstić information content (AvgIpc) is 2.71. The minimum atomic E-state index is -1.25. The van der Waals surface area contributed by atoms with Crippen molar-refractivity contribution in [2.24, 2.45) is 0 Å². The van der Waals surface area contributed by atoms with Gasteiger partial charge in [0, 0.05) is 0 Å². The summed E-state index contributed by atoms with van der Waals surface area (Å²) in [5, 5.41) is 1.59. The number of hydrogen-bond acceptors (Lipinski definition) is 0. The molecule has 1 aliphatic rings. The van der Waals surface area contributed by atoms with Crippen LogP contribution in [0.5, 0.6) is 0 Å². The molecule has 0 heterocycles. The maximum absolute atomic E-state index is 2.55. The van der Waals surface area contributed by atoms with Crippen LogP contribution in [0.2, 0.25) is 23.4 Å². The minimum Gasteiger partial charge on any atom is -1.00 e. The Morgan fingerprint density at radius 3 is 1.72 bits per heavy atom. The van der Waals surface area contributed by atoms with E-state index >= 15 is 0 Å². The van der Waals surface area contributed by atoms with Crippen molar-refractivity contribution in [1.29, 1.82) is 0 Å². The summed E-state index contributed by atoms with van der Waals surface area (Å²) in [7, 11) is -1.25. The van der Waals surface area contributed by atoms with Gasteiger partial charge >= 0.3 is 150 Å². The molecule has 0 aromatic heterocycles. The van der Waals surface area contributed by atoms with E-state index in [1.54, 1.807) is 5.20 Å². The van der Waals surface area contributed by atoms with Crippen molar-refractivity contribution >= 4 is 8.07 Å². The Labute approximate surface area is 186 Å². The fourth-order valence-electron chi connectivity index (χ4n) is 3.79. The number of halogens is 3. The van der Waals surface area contributed by atoms with Gasteiger partial charge in [-0.3, -0.25) is 0 Å². The molecular formula is C20H29Cl3SiTi. The van der Waals surface area contributed by atoms with Gasteiger partial charge in [-0.15, -0.1) is 0 Å². The van der Waals surface area contributed by atoms with Gasteiger partial charge in [-0.25, -0.2) is 0 Å². The number of rotatable bonds is 3. The predicted molar refractivity (Wildman–Crippen MR) is 96.9 cm³/mol. The van der Waals surface area contributed by atoms with Gasteiger partial charge in [0.05, 0.1) is 0 Å². The van der Waals surface area contributed by atoms with Gasteiger partial charge in [0.2, 0.25) is 0 Å². The van der Waals surface area contributed by atoms with Crippen molar-refractivity contribution in [1.82, 2.24) is 0 Å². The summed E-state index contributed by atoms with van der Waals surface area (Å²) in [4.78, 5) is 0. The number of benzene rings is 1. The molecular weight excluding hydrogens is 423 g/mol. The summed E-state index contributed by atoms with van der Waals surface area (Å²) < 4.78 is 0.0907. The van der Waals surface area contributed by atoms with Crippen molar-refractivity contribution in [3.63, 3.8) is 0 Å². The normalized spacial score (nSPS) is 19.5. The van der Waals surface area contributed by atoms with E-state index in [1.165, 1.54) is 22.3 Å². The quantitative estimate of drug-likeness (QED) is 0.429. The van der Waals surface area contributed by atoms with Gasteiger partial charge in [-0.2, -0.15) is 0 Å². The van der Waals surface area contributed by atoms with Crippen LogP contribution in [-0.4, -0.2) is 8.07 Å². The van der Waals surface area contributed by atoms with E-state index in [0.717, 1.165) is 0 Å². The second kappa shape index (κ2) is 9.13. The molecule has 25 heavy (non-hydrogen) atoms. The summed E-state index contributed by atoms with van der Waals surface area (Å²) in [5.74, 6) is 0. The topological polar surface area (TPSA) is 0 Å². The third-order valence-electron chi connectivity index (χ3n) is 5.11. The Hall–Kier alpha value is 0.501. The van der Waals surface area contributed by atoms with Crippen molar-refractivity contribution < 1.29 is 57.7 Å². The average molecular weight is 452 g/mol. The molecule has 0 N–H and O–H groups in total. The van der Waals surface area contributed by atoms with Crippen LogP contribution in [0.25, 0.3) is 0 Å². The zero-order valence-electron chi connectivity index (χ0n) is 16.5. The third-order valence-corrected chi connectivity index (χ3v) is 8.62. The second-order valence-corrected chi connectivity index (χ2v) is 14.8. The van der Waals surface area contributed by atoms with Gasteiger partial charge in [0.25, 0.3) is 0 Å². The molecule has 0 fully saturated rings. The first kappa shape index (κ1) is 27.7. The van der Waals surface area contributed by atoms with Crippen LogP contribution in [0.3, 0.4) is 0 Å². The van der Waals surface area contributed by atoms with E-state index in [4.69, 9.17) is 0 Å². The fraction of sp³-hybridized carbons (Fsp3) is 0.500. The van der Waals surface area contributed by atoms with Crippen molar-refractivity contribution in [2.45, 2.75) is 63.4 Å². The molecule has 0 saturated carbocycles. The summed E-state index contributed by atoms with van der Waals surface area (Å²) in [6.07, 6.45) is 7.39. The molecule has 0 amide bonds. The zero-order valence-corrected chi connectivity index (χ0v) is 21.3. The van der Waals surface area contributed by atoms with Crippen LogP contribution < -0.4 is 37.2 Å². The third kappa shape index (κ3) is 5.27. The van der Waals surface area contributed by atoms with Crippen LogP contribution in [-0.2, 0) is 25.9 Å². The molecule has 0 aliphatic heterocycles. The van der Waals surface area contributed by atoms with E-state index < -0.39 is 8.07 Å². The molecule has 1 atom stereocenters. The van der Waals surface area contributed by atoms with Crippen LogP contribution in [0.15, 0.2) is 35.6 Å². The van der Waals surface area contributed by atoms with E-state index in [9.17, 15) is 0 Å². The molecule has 0 radical (unpaired) electrons. The van der Waals surface area contributed by atoms with E-state index in [2.05, 4.69) is 105 Å². The molecule has 1 aromatic carbocycles. The number of aryl methyl sites for hydroxylation is 3. The van der Waals surface area contributed by atoms with Gasteiger partial charge in [-0.05, 0) is 0 Å². The maximum atomic E-state index is 2.55. The summed E-state index contributed by atoms with van der Waals surface area (Å²) >= 11 is 2.40. The van der Waals surface area contributed by atoms with E-state index in [1.807, 2.05) is 0 Å². The Morgan fingerprint density at radius 1 is 0.920 bits per heavy atom. The Morgan fingerprint density at radius 2 is 1.36 bits per heavy atom. The largest absolute Gasteiger partial charge is 1.00 e. The monoisotopic (exact) mass is 450 g/mol. The summed E-state index contributed by atoms with van der Waals surface area (Å²) in [6, 6.07) is 4.66. The van der Waals surface area contributed by atoms with Crippen LogP contribution in [0, 0.1) is 20.8 Å². The summed E-state index contributed by atoms with van der Waals surface area (Å²) in [6.45, 7) is 18.8. The molecule has 1 aliphatic carbocycles. The molecule has 138 valence electrons. The summed E-state index contributed by atoms with van der Waals surface area (Å²) in [5.41, 5.74) is 5.81. The Bertz CT molecular complexity index is 649. The minimum absolute atomic E-state index is 0. The first-order valence-corrected chi connectivity index (χ1v) is 12.4. The van der Waals surface area contributed by atoms with Crippen LogP contribution in [0.4, 0.5) is 0 Å². The van der Waals surface area contributed by atoms with Crippen LogP contribution >= 0.6 is 0 Å². The van der Waals surface area contributed by atoms with Gasteiger partial charge in [0.15, 0.2) is 0 Å². The first-order valence-electron chi connectivity index (χ1n) is 8.14. The number of hydrogen-bond donors (Lipinski definition) is 0. The van der Waals surface area contributed by atoms with Crippen molar-refractivity contribution in [3.8, 4) is 0 Å².